The van der Waals surface area contributed by atoms with E-state index in [9.17, 15) is 34.5 Å². The zero-order valence-electron chi connectivity index (χ0n) is 44.2. The molecule has 71 heavy (non-hydrogen) atoms. The third-order valence-electron chi connectivity index (χ3n) is 12.0. The third-order valence-corrected chi connectivity index (χ3v) is 12.0. The van der Waals surface area contributed by atoms with E-state index in [1.807, 2.05) is 12.2 Å². The van der Waals surface area contributed by atoms with Crippen molar-refractivity contribution in [2.24, 2.45) is 0 Å². The smallest absolute Gasteiger partial charge is 0.335 e. The molecule has 12 nitrogen and oxygen atoms in total. The van der Waals surface area contributed by atoms with Crippen molar-refractivity contribution in [2.45, 2.75) is 250 Å². The van der Waals surface area contributed by atoms with Gasteiger partial charge in [-0.2, -0.15) is 0 Å². The molecule has 6 unspecified atom stereocenters. The molecule has 1 rings (SSSR count). The van der Waals surface area contributed by atoms with Crippen LogP contribution in [-0.2, 0) is 42.9 Å². The van der Waals surface area contributed by atoms with E-state index in [4.69, 9.17) is 23.7 Å². The van der Waals surface area contributed by atoms with Crippen molar-refractivity contribution < 1.29 is 58.2 Å². The minimum absolute atomic E-state index is 0.0193. The minimum atomic E-state index is -1.92. The molecule has 1 heterocycles. The molecule has 0 amide bonds. The van der Waals surface area contributed by atoms with Gasteiger partial charge in [-0.15, -0.1) is 0 Å². The van der Waals surface area contributed by atoms with Gasteiger partial charge in [-0.1, -0.05) is 183 Å². The lowest BCUT2D eigenvalue weighted by atomic mass is 9.98. The molecule has 12 heteroatoms. The van der Waals surface area contributed by atoms with Crippen molar-refractivity contribution in [3.63, 3.8) is 0 Å². The molecule has 404 valence electrons. The molecule has 1 saturated heterocycles. The van der Waals surface area contributed by atoms with Crippen molar-refractivity contribution in [1.29, 1.82) is 0 Å². The van der Waals surface area contributed by atoms with Gasteiger partial charge in [-0.05, 0) is 96.3 Å². The number of aliphatic hydroxyl groups is 2. The topological polar surface area (TPSA) is 175 Å². The van der Waals surface area contributed by atoms with Crippen molar-refractivity contribution in [2.75, 3.05) is 13.2 Å². The number of aliphatic hydroxyl groups excluding tert-OH is 2. The van der Waals surface area contributed by atoms with Gasteiger partial charge >= 0.3 is 23.9 Å². The van der Waals surface area contributed by atoms with Gasteiger partial charge in [0.2, 0.25) is 0 Å². The van der Waals surface area contributed by atoms with Gasteiger partial charge in [0, 0.05) is 12.8 Å². The van der Waals surface area contributed by atoms with Gasteiger partial charge < -0.3 is 39.0 Å². The van der Waals surface area contributed by atoms with Crippen LogP contribution in [0.2, 0.25) is 0 Å². The first-order valence-corrected chi connectivity index (χ1v) is 27.6. The molecular weight excluding hydrogens is 901 g/mol. The molecule has 6 atom stereocenters. The first-order chi connectivity index (χ1) is 34.6. The molecule has 1 fully saturated rings. The fraction of sp³-hybridized carbons (Fsp3) is 0.695. The lowest BCUT2D eigenvalue weighted by Crippen LogP contribution is -2.61. The summed E-state index contributed by atoms with van der Waals surface area (Å²) >= 11 is 0. The molecule has 1 aliphatic heterocycles. The quantitative estimate of drug-likeness (QED) is 0.0228. The number of carboxylic acid groups (broad SMARTS) is 1. The van der Waals surface area contributed by atoms with Crippen LogP contribution in [0.25, 0.3) is 0 Å². The normalized spacial score (nSPS) is 19.1. The van der Waals surface area contributed by atoms with Crippen molar-refractivity contribution in [1.82, 2.24) is 0 Å². The van der Waals surface area contributed by atoms with E-state index in [0.717, 1.165) is 103 Å². The molecule has 0 aromatic rings. The van der Waals surface area contributed by atoms with Gasteiger partial charge in [-0.25, -0.2) is 4.79 Å². The SMILES string of the molecule is CC/C=C\C/C=C\C/C=C\C/C=C\C/C=C\CC(=O)OCC(COC1OC(C(=O)O)C(O)C(O)C1OC(=O)CCCCCCC/C=C\CCCCCC)OC(=O)CCCCCCC/C=C\CCCCCC. The Morgan fingerprint density at radius 1 is 0.493 bits per heavy atom. The van der Waals surface area contributed by atoms with Crippen LogP contribution >= 0.6 is 0 Å². The second-order valence-corrected chi connectivity index (χ2v) is 18.5. The molecule has 0 aliphatic carbocycles. The molecule has 0 aromatic heterocycles. The maximum Gasteiger partial charge on any atom is 0.335 e. The van der Waals surface area contributed by atoms with E-state index in [1.165, 1.54) is 51.4 Å². The van der Waals surface area contributed by atoms with E-state index < -0.39 is 67.3 Å². The summed E-state index contributed by atoms with van der Waals surface area (Å²) in [6, 6.07) is 0. The van der Waals surface area contributed by atoms with Crippen LogP contribution < -0.4 is 0 Å². The summed E-state index contributed by atoms with van der Waals surface area (Å²) in [5, 5.41) is 31.4. The maximum atomic E-state index is 13.1. The zero-order valence-corrected chi connectivity index (χ0v) is 44.2. The Kier molecular flexibility index (Phi) is 42.9. The molecule has 0 bridgehead atoms. The highest BCUT2D eigenvalue weighted by atomic mass is 16.7. The predicted molar refractivity (Wildman–Crippen MR) is 284 cm³/mol. The number of hydrogen-bond donors (Lipinski definition) is 3. The van der Waals surface area contributed by atoms with E-state index in [-0.39, 0.29) is 25.9 Å². The highest BCUT2D eigenvalue weighted by Crippen LogP contribution is 2.26. The second-order valence-electron chi connectivity index (χ2n) is 18.5. The average Bonchev–Trinajstić information content (AvgIpc) is 3.35. The Bertz CT molecular complexity index is 1560. The van der Waals surface area contributed by atoms with Crippen LogP contribution in [0.5, 0.6) is 0 Å². The summed E-state index contributed by atoms with van der Waals surface area (Å²) in [5.41, 5.74) is 0. The Hall–Kier alpha value is -4.10. The molecule has 0 saturated carbocycles. The van der Waals surface area contributed by atoms with Crippen molar-refractivity contribution in [3.05, 3.63) is 85.1 Å². The lowest BCUT2D eigenvalue weighted by molar-refractivity contribution is -0.301. The summed E-state index contributed by atoms with van der Waals surface area (Å²) in [4.78, 5) is 50.9. The van der Waals surface area contributed by atoms with Gasteiger partial charge in [-0.3, -0.25) is 14.4 Å². The fourth-order valence-electron chi connectivity index (χ4n) is 7.72. The van der Waals surface area contributed by atoms with Crippen molar-refractivity contribution in [3.8, 4) is 0 Å². The van der Waals surface area contributed by atoms with E-state index in [0.29, 0.717) is 19.3 Å². The fourth-order valence-corrected chi connectivity index (χ4v) is 7.72. The van der Waals surface area contributed by atoms with Crippen molar-refractivity contribution >= 4 is 23.9 Å². The molecule has 0 spiro atoms. The minimum Gasteiger partial charge on any atom is -0.479 e. The summed E-state index contributed by atoms with van der Waals surface area (Å²) in [6.45, 7) is 5.72. The zero-order chi connectivity index (χ0) is 51.8. The Morgan fingerprint density at radius 2 is 0.930 bits per heavy atom. The van der Waals surface area contributed by atoms with Gasteiger partial charge in [0.25, 0.3) is 0 Å². The standard InChI is InChI=1S/C59H96O12/c1-4-7-10-13-16-19-22-25-26-29-30-33-36-39-42-45-51(60)67-48-50(69-52(61)46-43-40-37-34-31-27-23-20-17-14-11-8-5-2)49-68-59-57(55(64)54(63)56(71-59)58(65)66)70-53(62)47-44-41-38-35-32-28-24-21-18-15-12-9-6-3/h7,10,16,19-21,23-26,30,33,39,42,50,54-57,59,63-64H,4-6,8-9,11-15,17-18,22,27-29,31-32,34-38,40-41,43-49H2,1-3H3,(H,65,66)/b10-7-,19-16-,23-20-,24-21-,26-25-,33-30-,42-39-. The summed E-state index contributed by atoms with van der Waals surface area (Å²) in [7, 11) is 0. The predicted octanol–water partition coefficient (Wildman–Crippen LogP) is 13.6. The average molecular weight is 997 g/mol. The number of aliphatic carboxylic acids is 1. The number of carboxylic acids is 1. The highest BCUT2D eigenvalue weighted by Gasteiger charge is 2.50. The molecule has 1 aliphatic rings. The number of unbranched alkanes of at least 4 members (excludes halogenated alkanes) is 18. The summed E-state index contributed by atoms with van der Waals surface area (Å²) in [5.74, 6) is -3.31. The van der Waals surface area contributed by atoms with Gasteiger partial charge in [0.1, 0.15) is 18.8 Å². The van der Waals surface area contributed by atoms with E-state index in [1.54, 1.807) is 6.08 Å². The number of hydrogen-bond acceptors (Lipinski definition) is 11. The third kappa shape index (κ3) is 37.3. The van der Waals surface area contributed by atoms with E-state index >= 15 is 0 Å². The molecule has 0 radical (unpaired) electrons. The first kappa shape index (κ1) is 64.9. The number of esters is 3. The van der Waals surface area contributed by atoms with Gasteiger partial charge in [0.05, 0.1) is 13.0 Å². The maximum absolute atomic E-state index is 13.1. The first-order valence-electron chi connectivity index (χ1n) is 27.6. The summed E-state index contributed by atoms with van der Waals surface area (Å²) < 4.78 is 28.2. The van der Waals surface area contributed by atoms with Crippen LogP contribution in [0.4, 0.5) is 0 Å². The number of allylic oxidation sites excluding steroid dienone is 13. The van der Waals surface area contributed by atoms with Crippen LogP contribution in [0.1, 0.15) is 213 Å². The Labute approximate surface area is 429 Å². The Balaban J connectivity index is 2.79. The van der Waals surface area contributed by atoms with Gasteiger partial charge in [0.15, 0.2) is 24.6 Å². The number of carbonyl (C=O) groups is 4. The van der Waals surface area contributed by atoms with Crippen LogP contribution in [0, 0.1) is 0 Å². The molecule has 0 aromatic carbocycles. The molecular formula is C59H96O12. The number of carbonyl (C=O) groups excluding carboxylic acids is 3. The van der Waals surface area contributed by atoms with Crippen LogP contribution in [-0.4, -0.2) is 89.2 Å². The highest BCUT2D eigenvalue weighted by molar-refractivity contribution is 5.74. The van der Waals surface area contributed by atoms with E-state index in [2.05, 4.69) is 87.6 Å². The second kappa shape index (κ2) is 46.9. The number of rotatable bonds is 45. The van der Waals surface area contributed by atoms with Crippen LogP contribution in [0.15, 0.2) is 85.1 Å². The largest absolute Gasteiger partial charge is 0.479 e. The summed E-state index contributed by atoms with van der Waals surface area (Å²) in [6.07, 6.45) is 47.3. The monoisotopic (exact) mass is 997 g/mol. The Morgan fingerprint density at radius 3 is 1.41 bits per heavy atom. The molecule has 3 N–H and O–H groups in total. The van der Waals surface area contributed by atoms with Crippen LogP contribution in [0.3, 0.4) is 0 Å². The lowest BCUT2D eigenvalue weighted by Gasteiger charge is -2.40. The number of ether oxygens (including phenoxy) is 5.